The summed E-state index contributed by atoms with van der Waals surface area (Å²) in [7, 11) is -0.331. The Bertz CT molecular complexity index is 402. The van der Waals surface area contributed by atoms with Crippen molar-refractivity contribution in [2.75, 3.05) is 0 Å². The molecule has 0 aromatic heterocycles. The fourth-order valence-electron chi connectivity index (χ4n) is 2.38. The van der Waals surface area contributed by atoms with Crippen molar-refractivity contribution in [1.29, 1.82) is 0 Å². The Morgan fingerprint density at radius 3 is 1.90 bits per heavy atom. The first-order chi connectivity index (χ1) is 9.46. The van der Waals surface area contributed by atoms with Crippen molar-refractivity contribution in [2.24, 2.45) is 5.92 Å². The smallest absolute Gasteiger partial charge is 0.403 e. The van der Waals surface area contributed by atoms with Gasteiger partial charge in [0.25, 0.3) is 0 Å². The maximum atomic E-state index is 12.4. The summed E-state index contributed by atoms with van der Waals surface area (Å²) >= 11 is 0. The van der Waals surface area contributed by atoms with E-state index in [4.69, 9.17) is 9.31 Å². The second kappa shape index (κ2) is 6.66. The molecule has 120 valence electrons. The number of allylic oxidation sites excluding steroid dienone is 2. The van der Waals surface area contributed by atoms with Crippen molar-refractivity contribution in [3.8, 4) is 0 Å². The molecular formula is C17H31BO3. The molecule has 1 saturated heterocycles. The minimum absolute atomic E-state index is 0.235. The van der Waals surface area contributed by atoms with Gasteiger partial charge in [-0.05, 0) is 59.5 Å². The first-order valence-electron chi connectivity index (χ1n) is 8.01. The number of hydrogen-bond donors (Lipinski definition) is 0. The number of Topliss-reactive ketones (excluding diaryl/α,β-unsaturated/α-hetero) is 1. The van der Waals surface area contributed by atoms with Gasteiger partial charge in [0.15, 0.2) is 5.78 Å². The Morgan fingerprint density at radius 2 is 1.52 bits per heavy atom. The monoisotopic (exact) mass is 294 g/mol. The van der Waals surface area contributed by atoms with Crippen molar-refractivity contribution < 1.29 is 14.1 Å². The van der Waals surface area contributed by atoms with Gasteiger partial charge in [-0.3, -0.25) is 4.79 Å². The molecule has 1 rings (SSSR count). The summed E-state index contributed by atoms with van der Waals surface area (Å²) < 4.78 is 12.0. The minimum atomic E-state index is -0.342. The highest BCUT2D eigenvalue weighted by atomic mass is 16.7. The molecule has 0 bridgehead atoms. The molecule has 0 saturated carbocycles. The Morgan fingerprint density at radius 1 is 1.05 bits per heavy atom. The van der Waals surface area contributed by atoms with Crippen LogP contribution in [0.2, 0.25) is 6.32 Å². The summed E-state index contributed by atoms with van der Waals surface area (Å²) in [6.45, 7) is 16.4. The molecule has 1 aliphatic rings. The molecule has 4 heteroatoms. The number of carbonyl (C=O) groups is 1. The van der Waals surface area contributed by atoms with Crippen LogP contribution in [0.25, 0.3) is 0 Å². The zero-order chi connectivity index (χ0) is 16.4. The van der Waals surface area contributed by atoms with Crippen LogP contribution in [0.4, 0.5) is 0 Å². The average molecular weight is 294 g/mol. The normalized spacial score (nSPS) is 20.0. The topological polar surface area (TPSA) is 35.5 Å². The van der Waals surface area contributed by atoms with Gasteiger partial charge in [-0.2, -0.15) is 0 Å². The van der Waals surface area contributed by atoms with Crippen molar-refractivity contribution in [2.45, 2.75) is 85.8 Å². The third kappa shape index (κ3) is 4.68. The van der Waals surface area contributed by atoms with Gasteiger partial charge in [-0.1, -0.05) is 19.4 Å². The molecule has 1 fully saturated rings. The molecule has 0 radical (unpaired) electrons. The van der Waals surface area contributed by atoms with Crippen molar-refractivity contribution in [3.05, 3.63) is 11.1 Å². The molecule has 21 heavy (non-hydrogen) atoms. The number of hydrogen-bond acceptors (Lipinski definition) is 3. The van der Waals surface area contributed by atoms with Gasteiger partial charge in [0, 0.05) is 12.7 Å². The third-order valence-electron chi connectivity index (χ3n) is 4.56. The summed E-state index contributed by atoms with van der Waals surface area (Å²) in [5.74, 6) is 0.780. The summed E-state index contributed by atoms with van der Waals surface area (Å²) in [6, 6.07) is 0. The molecule has 0 aromatic carbocycles. The zero-order valence-electron chi connectivity index (χ0n) is 15.0. The van der Waals surface area contributed by atoms with E-state index >= 15 is 0 Å². The second-order valence-corrected chi connectivity index (χ2v) is 7.72. The molecule has 1 heterocycles. The number of ketones is 1. The molecule has 0 aliphatic carbocycles. The highest BCUT2D eigenvalue weighted by molar-refractivity contribution is 6.47. The summed E-state index contributed by atoms with van der Waals surface area (Å²) in [5.41, 5.74) is 1.25. The van der Waals surface area contributed by atoms with Gasteiger partial charge in [-0.25, -0.2) is 0 Å². The lowest BCUT2D eigenvalue weighted by atomic mass is 9.77. The summed E-state index contributed by atoms with van der Waals surface area (Å²) in [5, 5.41) is 0. The Hall–Kier alpha value is -0.605. The minimum Gasteiger partial charge on any atom is -0.403 e. The van der Waals surface area contributed by atoms with Crippen LogP contribution in [-0.2, 0) is 14.1 Å². The number of rotatable bonds is 6. The van der Waals surface area contributed by atoms with E-state index in [1.54, 1.807) is 0 Å². The molecule has 0 spiro atoms. The number of carbonyl (C=O) groups excluding carboxylic acids is 1. The highest BCUT2D eigenvalue weighted by Gasteiger charge is 2.51. The Balaban J connectivity index is 2.74. The molecule has 1 aliphatic heterocycles. The van der Waals surface area contributed by atoms with Crippen molar-refractivity contribution >= 4 is 12.9 Å². The maximum absolute atomic E-state index is 12.4. The predicted molar refractivity (Wildman–Crippen MR) is 88.3 cm³/mol. The van der Waals surface area contributed by atoms with Crippen LogP contribution in [0.3, 0.4) is 0 Å². The van der Waals surface area contributed by atoms with Crippen LogP contribution in [0.15, 0.2) is 11.1 Å². The van der Waals surface area contributed by atoms with Gasteiger partial charge < -0.3 is 9.31 Å². The van der Waals surface area contributed by atoms with Gasteiger partial charge >= 0.3 is 7.12 Å². The van der Waals surface area contributed by atoms with Crippen LogP contribution in [-0.4, -0.2) is 24.1 Å². The lowest BCUT2D eigenvalue weighted by Gasteiger charge is -2.32. The fourth-order valence-corrected chi connectivity index (χ4v) is 2.38. The lowest BCUT2D eigenvalue weighted by molar-refractivity contribution is -0.115. The average Bonchev–Trinajstić information content (AvgIpc) is 2.51. The molecule has 0 atom stereocenters. The van der Waals surface area contributed by atoms with Crippen LogP contribution >= 0.6 is 0 Å². The maximum Gasteiger partial charge on any atom is 0.462 e. The predicted octanol–water partition coefficient (Wildman–Crippen LogP) is 4.42. The van der Waals surface area contributed by atoms with E-state index in [1.807, 2.05) is 41.5 Å². The summed E-state index contributed by atoms with van der Waals surface area (Å²) in [4.78, 5) is 12.4. The van der Waals surface area contributed by atoms with Crippen molar-refractivity contribution in [3.63, 3.8) is 0 Å². The third-order valence-corrected chi connectivity index (χ3v) is 4.56. The molecule has 0 unspecified atom stereocenters. The van der Waals surface area contributed by atoms with Crippen LogP contribution in [0, 0.1) is 5.92 Å². The van der Waals surface area contributed by atoms with Gasteiger partial charge in [0.1, 0.15) is 0 Å². The van der Waals surface area contributed by atoms with Gasteiger partial charge in [0.05, 0.1) is 11.2 Å². The molecule has 0 amide bonds. The van der Waals surface area contributed by atoms with E-state index < -0.39 is 0 Å². The first kappa shape index (κ1) is 18.4. The lowest BCUT2D eigenvalue weighted by Crippen LogP contribution is -2.41. The second-order valence-electron chi connectivity index (χ2n) is 7.72. The van der Waals surface area contributed by atoms with Crippen LogP contribution < -0.4 is 0 Å². The highest BCUT2D eigenvalue weighted by Crippen LogP contribution is 2.38. The van der Waals surface area contributed by atoms with Crippen LogP contribution in [0.5, 0.6) is 0 Å². The van der Waals surface area contributed by atoms with Gasteiger partial charge in [0.2, 0.25) is 0 Å². The zero-order valence-corrected chi connectivity index (χ0v) is 15.0. The summed E-state index contributed by atoms with van der Waals surface area (Å²) in [6.07, 6.45) is 2.09. The van der Waals surface area contributed by atoms with E-state index in [9.17, 15) is 4.79 Å². The van der Waals surface area contributed by atoms with Gasteiger partial charge in [-0.15, -0.1) is 0 Å². The SMILES string of the molecule is CC(C)=C(CB1OC(C)(C)C(C)(C)O1)C(=O)CCC(C)C. The Labute approximate surface area is 130 Å². The molecule has 0 N–H and O–H groups in total. The molecule has 3 nitrogen and oxygen atoms in total. The van der Waals surface area contributed by atoms with E-state index in [1.165, 1.54) is 0 Å². The largest absolute Gasteiger partial charge is 0.462 e. The quantitative estimate of drug-likeness (QED) is 0.537. The first-order valence-corrected chi connectivity index (χ1v) is 8.01. The van der Waals surface area contributed by atoms with Crippen LogP contribution in [0.1, 0.15) is 68.2 Å². The standard InChI is InChI=1S/C17H31BO3/c1-12(2)9-10-15(19)14(13(3)4)11-18-20-16(5,6)17(7,8)21-18/h12H,9-11H2,1-8H3. The van der Waals surface area contributed by atoms with E-state index in [-0.39, 0.29) is 24.1 Å². The van der Waals surface area contributed by atoms with E-state index in [0.29, 0.717) is 18.7 Å². The van der Waals surface area contributed by atoms with Crippen molar-refractivity contribution in [1.82, 2.24) is 0 Å². The Kier molecular flexibility index (Phi) is 5.85. The molecule has 0 aromatic rings. The molecular weight excluding hydrogens is 263 g/mol. The van der Waals surface area contributed by atoms with E-state index in [0.717, 1.165) is 17.6 Å². The van der Waals surface area contributed by atoms with E-state index in [2.05, 4.69) is 13.8 Å². The fraction of sp³-hybridized carbons (Fsp3) is 0.824.